The molecule has 0 aliphatic heterocycles. The summed E-state index contributed by atoms with van der Waals surface area (Å²) in [4.78, 5) is 6.46. The van der Waals surface area contributed by atoms with Gasteiger partial charge in [0.15, 0.2) is 0 Å². The van der Waals surface area contributed by atoms with E-state index in [0.717, 1.165) is 34.7 Å². The summed E-state index contributed by atoms with van der Waals surface area (Å²) in [6.45, 7) is 1.91. The fourth-order valence-corrected chi connectivity index (χ4v) is 1.86. The van der Waals surface area contributed by atoms with E-state index < -0.39 is 10.4 Å². The van der Waals surface area contributed by atoms with Crippen LogP contribution >= 0.6 is 11.6 Å². The molecule has 1 heterocycles. The van der Waals surface area contributed by atoms with Gasteiger partial charge in [0.2, 0.25) is 0 Å². The van der Waals surface area contributed by atoms with Crippen LogP contribution in [0, 0.1) is 0 Å². The number of likely N-dealkylation sites (N-methyl/N-ethyl adjacent to an activating group) is 1. The van der Waals surface area contributed by atoms with Crippen LogP contribution in [0.25, 0.3) is 10.9 Å². The zero-order valence-corrected chi connectivity index (χ0v) is 13.8. The second-order valence-electron chi connectivity index (χ2n) is 4.70. The predicted octanol–water partition coefficient (Wildman–Crippen LogP) is 2.21. The maximum absolute atomic E-state index is 8.74. The number of nitrogens with zero attached hydrogens (tertiary/aromatic N) is 2. The van der Waals surface area contributed by atoms with Gasteiger partial charge in [-0.2, -0.15) is 8.42 Å². The number of pyridine rings is 1. The second kappa shape index (κ2) is 8.25. The number of fused-ring (bicyclic) bond motifs is 1. The fourth-order valence-electron chi connectivity index (χ4n) is 1.69. The normalized spacial score (nSPS) is 11.2. The van der Waals surface area contributed by atoms with Crippen LogP contribution in [0.15, 0.2) is 30.5 Å². The molecular formula is C13H18ClN3O4S. The monoisotopic (exact) mass is 347 g/mol. The van der Waals surface area contributed by atoms with Gasteiger partial charge in [0.25, 0.3) is 0 Å². The first kappa shape index (κ1) is 18.6. The second-order valence-corrected chi connectivity index (χ2v) is 6.03. The van der Waals surface area contributed by atoms with Crippen LogP contribution < -0.4 is 5.32 Å². The van der Waals surface area contributed by atoms with E-state index in [1.807, 2.05) is 24.3 Å². The highest BCUT2D eigenvalue weighted by molar-refractivity contribution is 7.79. The Morgan fingerprint density at radius 2 is 1.91 bits per heavy atom. The number of aromatic nitrogens is 1. The predicted molar refractivity (Wildman–Crippen MR) is 88.0 cm³/mol. The van der Waals surface area contributed by atoms with E-state index in [-0.39, 0.29) is 0 Å². The third kappa shape index (κ3) is 7.53. The van der Waals surface area contributed by atoms with Crippen molar-refractivity contribution in [1.82, 2.24) is 9.88 Å². The molecule has 0 radical (unpaired) electrons. The Morgan fingerprint density at radius 3 is 2.50 bits per heavy atom. The lowest BCUT2D eigenvalue weighted by Crippen LogP contribution is -2.20. The molecule has 22 heavy (non-hydrogen) atoms. The van der Waals surface area contributed by atoms with E-state index in [9.17, 15) is 0 Å². The van der Waals surface area contributed by atoms with Gasteiger partial charge >= 0.3 is 10.4 Å². The van der Waals surface area contributed by atoms with E-state index in [0.29, 0.717) is 0 Å². The molecule has 3 N–H and O–H groups in total. The summed E-state index contributed by atoms with van der Waals surface area (Å²) in [5.41, 5.74) is 2.03. The summed E-state index contributed by atoms with van der Waals surface area (Å²) in [7, 11) is -0.543. The smallest absolute Gasteiger partial charge is 0.383 e. The summed E-state index contributed by atoms with van der Waals surface area (Å²) in [6.07, 6.45) is 1.80. The number of halogens is 1. The van der Waals surface area contributed by atoms with Crippen molar-refractivity contribution in [2.75, 3.05) is 32.5 Å². The van der Waals surface area contributed by atoms with Crippen molar-refractivity contribution >= 4 is 38.6 Å². The number of nitrogens with one attached hydrogen (secondary N) is 1. The molecule has 0 aliphatic carbocycles. The molecule has 0 fully saturated rings. The first-order chi connectivity index (χ1) is 10.2. The van der Waals surface area contributed by atoms with Gasteiger partial charge in [-0.15, -0.1) is 0 Å². The molecule has 1 aromatic heterocycles. The minimum atomic E-state index is -4.67. The van der Waals surface area contributed by atoms with Gasteiger partial charge in [-0.3, -0.25) is 14.1 Å². The molecule has 0 saturated heterocycles. The molecule has 9 heteroatoms. The average molecular weight is 348 g/mol. The van der Waals surface area contributed by atoms with Crippen LogP contribution in [0.1, 0.15) is 0 Å². The summed E-state index contributed by atoms with van der Waals surface area (Å²) in [6, 6.07) is 7.77. The van der Waals surface area contributed by atoms with Crippen LogP contribution in [-0.2, 0) is 10.4 Å². The van der Waals surface area contributed by atoms with Gasteiger partial charge in [0.1, 0.15) is 0 Å². The highest BCUT2D eigenvalue weighted by Gasteiger charge is 2.02. The average Bonchev–Trinajstić information content (AvgIpc) is 2.36. The number of rotatable bonds is 4. The SMILES string of the molecule is CN(C)CCNc1ccnc2cc(Cl)ccc12.O=S(=O)(O)O. The van der Waals surface area contributed by atoms with Crippen molar-refractivity contribution < 1.29 is 17.5 Å². The topological polar surface area (TPSA) is 103 Å². The van der Waals surface area contributed by atoms with E-state index in [1.54, 1.807) is 6.20 Å². The lowest BCUT2D eigenvalue weighted by molar-refractivity contribution is 0.381. The van der Waals surface area contributed by atoms with Crippen molar-refractivity contribution in [2.24, 2.45) is 0 Å². The van der Waals surface area contributed by atoms with Gasteiger partial charge in [-0.1, -0.05) is 11.6 Å². The number of hydrogen-bond acceptors (Lipinski definition) is 5. The zero-order chi connectivity index (χ0) is 16.8. The van der Waals surface area contributed by atoms with E-state index >= 15 is 0 Å². The number of hydrogen-bond donors (Lipinski definition) is 3. The Labute approximate surface area is 134 Å². The number of anilines is 1. The number of benzene rings is 1. The minimum Gasteiger partial charge on any atom is -0.383 e. The molecular weight excluding hydrogens is 330 g/mol. The Hall–Kier alpha value is -1.45. The van der Waals surface area contributed by atoms with Crippen molar-refractivity contribution in [3.05, 3.63) is 35.5 Å². The highest BCUT2D eigenvalue weighted by atomic mass is 35.5. The van der Waals surface area contributed by atoms with Gasteiger partial charge in [-0.05, 0) is 38.4 Å². The maximum Gasteiger partial charge on any atom is 0.394 e. The van der Waals surface area contributed by atoms with E-state index in [4.69, 9.17) is 29.1 Å². The van der Waals surface area contributed by atoms with Crippen molar-refractivity contribution in [3.63, 3.8) is 0 Å². The van der Waals surface area contributed by atoms with E-state index in [1.165, 1.54) is 0 Å². The van der Waals surface area contributed by atoms with Crippen molar-refractivity contribution in [3.8, 4) is 0 Å². The largest absolute Gasteiger partial charge is 0.394 e. The van der Waals surface area contributed by atoms with Crippen LogP contribution in [-0.4, -0.2) is 54.6 Å². The molecule has 0 spiro atoms. The Morgan fingerprint density at radius 1 is 1.27 bits per heavy atom. The maximum atomic E-state index is 8.74. The van der Waals surface area contributed by atoms with Gasteiger partial charge in [0.05, 0.1) is 5.52 Å². The molecule has 1 aromatic carbocycles. The van der Waals surface area contributed by atoms with Crippen molar-refractivity contribution in [2.45, 2.75) is 0 Å². The third-order valence-electron chi connectivity index (χ3n) is 2.58. The van der Waals surface area contributed by atoms with Gasteiger partial charge < -0.3 is 10.2 Å². The minimum absolute atomic E-state index is 0.718. The third-order valence-corrected chi connectivity index (χ3v) is 2.81. The Kier molecular flexibility index (Phi) is 6.98. The van der Waals surface area contributed by atoms with Crippen LogP contribution in [0.4, 0.5) is 5.69 Å². The molecule has 7 nitrogen and oxygen atoms in total. The first-order valence-corrected chi connectivity index (χ1v) is 8.07. The zero-order valence-electron chi connectivity index (χ0n) is 12.2. The van der Waals surface area contributed by atoms with Crippen LogP contribution in [0.5, 0.6) is 0 Å². The molecule has 0 atom stereocenters. The highest BCUT2D eigenvalue weighted by Crippen LogP contribution is 2.24. The van der Waals surface area contributed by atoms with Gasteiger partial charge in [0, 0.05) is 35.4 Å². The summed E-state index contributed by atoms with van der Waals surface area (Å²) < 4.78 is 31.6. The van der Waals surface area contributed by atoms with Crippen molar-refractivity contribution in [1.29, 1.82) is 0 Å². The van der Waals surface area contributed by atoms with Gasteiger partial charge in [-0.25, -0.2) is 0 Å². The first-order valence-electron chi connectivity index (χ1n) is 6.29. The molecule has 0 amide bonds. The molecule has 2 rings (SSSR count). The molecule has 0 bridgehead atoms. The lowest BCUT2D eigenvalue weighted by atomic mass is 10.2. The van der Waals surface area contributed by atoms with Crippen LogP contribution in [0.3, 0.4) is 0 Å². The Bertz CT molecular complexity index is 714. The molecule has 0 saturated carbocycles. The molecule has 0 unspecified atom stereocenters. The van der Waals surface area contributed by atoms with E-state index in [2.05, 4.69) is 29.3 Å². The fraction of sp³-hybridized carbons (Fsp3) is 0.308. The summed E-state index contributed by atoms with van der Waals surface area (Å²) in [5.74, 6) is 0. The Balaban J connectivity index is 0.000000422. The standard InChI is InChI=1S/C13H16ClN3.H2O4S/c1-17(2)8-7-16-12-5-6-15-13-9-10(14)3-4-11(12)13;1-5(2,3)4/h3-6,9H,7-8H2,1-2H3,(H,15,16);(H2,1,2,3,4). The summed E-state index contributed by atoms with van der Waals surface area (Å²) >= 11 is 5.95. The van der Waals surface area contributed by atoms with Crippen LogP contribution in [0.2, 0.25) is 5.02 Å². The quantitative estimate of drug-likeness (QED) is 0.728. The molecule has 2 aromatic rings. The molecule has 122 valence electrons. The summed E-state index contributed by atoms with van der Waals surface area (Å²) in [5, 5.41) is 5.24. The molecule has 0 aliphatic rings. The lowest BCUT2D eigenvalue weighted by Gasteiger charge is -2.12.